The van der Waals surface area contributed by atoms with Gasteiger partial charge < -0.3 is 18.9 Å². The highest BCUT2D eigenvalue weighted by Gasteiger charge is 2.95. The summed E-state index contributed by atoms with van der Waals surface area (Å²) >= 11 is 0. The van der Waals surface area contributed by atoms with Crippen LogP contribution in [0.3, 0.4) is 0 Å². The van der Waals surface area contributed by atoms with Crippen molar-refractivity contribution >= 4 is 25.7 Å². The van der Waals surface area contributed by atoms with Gasteiger partial charge in [0, 0.05) is 51.8 Å². The predicted molar refractivity (Wildman–Crippen MR) is 208 cm³/mol. The lowest BCUT2D eigenvalue weighted by atomic mass is 9.88. The molecule has 3 aliphatic heterocycles. The van der Waals surface area contributed by atoms with E-state index < -0.39 is 134 Å². The van der Waals surface area contributed by atoms with Gasteiger partial charge >= 0.3 is 47.6 Å². The molecule has 5 rings (SSSR count). The molecule has 2 aromatic carbocycles. The van der Waals surface area contributed by atoms with Crippen LogP contribution in [0.15, 0.2) is 93.3 Å². The zero-order chi connectivity index (χ0) is 53.8. The summed E-state index contributed by atoms with van der Waals surface area (Å²) in [5, 5.41) is 11.1. The topological polar surface area (TPSA) is 155 Å². The third-order valence-corrected chi connectivity index (χ3v) is 14.8. The van der Waals surface area contributed by atoms with Gasteiger partial charge in [-0.3, -0.25) is 10.1 Å². The van der Waals surface area contributed by atoms with Gasteiger partial charge in [-0.2, -0.15) is 83.2 Å². The number of methoxy groups -OCH3 is 1. The first-order chi connectivity index (χ1) is 32.3. The van der Waals surface area contributed by atoms with Crippen molar-refractivity contribution in [1.29, 1.82) is 0 Å². The Kier molecular flexibility index (Phi) is 16.0. The number of hydrogen-bond acceptors (Lipinski definition) is 10. The second kappa shape index (κ2) is 19.8. The normalized spacial score (nSPS) is 20.3. The minimum Gasteiger partial charge on any atom is -0.373 e. The number of sulfonamides is 2. The van der Waals surface area contributed by atoms with Gasteiger partial charge in [0.15, 0.2) is 6.29 Å². The average Bonchev–Trinajstić information content (AvgIpc) is 4.00. The van der Waals surface area contributed by atoms with Crippen LogP contribution in [0.5, 0.6) is 0 Å². The third kappa shape index (κ3) is 10.5. The van der Waals surface area contributed by atoms with Crippen molar-refractivity contribution in [3.63, 3.8) is 0 Å². The van der Waals surface area contributed by atoms with Gasteiger partial charge in [-0.1, -0.05) is 23.8 Å². The standard InChI is InChI=1S/C39H36F17N3O10S2/c1-22-3-7-28(8-4-22)70(62,63)57(13-12-32(40,41)33(42,43)34(44,45)35(46,47)36(48,49)37(50,51)38(52,53)39(54,55)56)17-23-15-30(68-20-23)31(66-2)69-27-16-25(24-11-14-67-21-24)18-58(19-27)71(64,65)29-9-5-26(6-10-29)59(60)61/h3-11,15-16,27,30-31H,12-14,17-21H2,1-2H3/t27-,30+,31-/m0/s1. The molecular formula is C39H36F17N3O10S2. The summed E-state index contributed by atoms with van der Waals surface area (Å²) in [7, 11) is -8.68. The number of hydrogen-bond donors (Lipinski definition) is 0. The van der Waals surface area contributed by atoms with E-state index in [0.29, 0.717) is 16.7 Å². The molecular weight excluding hydrogens is 1060 g/mol. The first kappa shape index (κ1) is 57.4. The number of benzene rings is 2. The van der Waals surface area contributed by atoms with Gasteiger partial charge in [0.25, 0.3) is 5.69 Å². The molecule has 0 bridgehead atoms. The molecule has 32 heteroatoms. The highest BCUT2D eigenvalue weighted by molar-refractivity contribution is 7.89. The second-order valence-electron chi connectivity index (χ2n) is 15.9. The fourth-order valence-corrected chi connectivity index (χ4v) is 9.85. The monoisotopic (exact) mass is 1090 g/mol. The maximum Gasteiger partial charge on any atom is 0.460 e. The molecule has 0 saturated heterocycles. The average molecular weight is 1090 g/mol. The Balaban J connectivity index is 1.42. The number of rotatable bonds is 21. The van der Waals surface area contributed by atoms with E-state index in [1.165, 1.54) is 13.0 Å². The largest absolute Gasteiger partial charge is 0.460 e. The van der Waals surface area contributed by atoms with E-state index in [1.807, 2.05) is 0 Å². The van der Waals surface area contributed by atoms with Crippen LogP contribution >= 0.6 is 0 Å². The molecule has 3 heterocycles. The predicted octanol–water partition coefficient (Wildman–Crippen LogP) is 8.56. The number of aryl methyl sites for hydroxylation is 1. The number of ether oxygens (including phenoxy) is 4. The Morgan fingerprint density at radius 3 is 1.79 bits per heavy atom. The summed E-state index contributed by atoms with van der Waals surface area (Å²) < 4.78 is 316. The van der Waals surface area contributed by atoms with Crippen molar-refractivity contribution in [2.75, 3.05) is 53.1 Å². The molecule has 0 aliphatic carbocycles. The molecule has 0 aromatic heterocycles. The number of nitro groups is 1. The fraction of sp³-hybridized carbons (Fsp3) is 0.538. The summed E-state index contributed by atoms with van der Waals surface area (Å²) in [5.41, 5.74) is 0.553. The lowest BCUT2D eigenvalue weighted by Gasteiger charge is -2.43. The smallest absolute Gasteiger partial charge is 0.373 e. The summed E-state index contributed by atoms with van der Waals surface area (Å²) in [6, 6.07) is 7.74. The van der Waals surface area contributed by atoms with Crippen molar-refractivity contribution in [2.45, 2.75) is 89.3 Å². The molecule has 0 saturated carbocycles. The van der Waals surface area contributed by atoms with Crippen molar-refractivity contribution in [1.82, 2.24) is 8.61 Å². The van der Waals surface area contributed by atoms with Crippen LogP contribution in [0.4, 0.5) is 80.3 Å². The molecule has 71 heavy (non-hydrogen) atoms. The van der Waals surface area contributed by atoms with Crippen molar-refractivity contribution in [3.8, 4) is 0 Å². The van der Waals surface area contributed by atoms with E-state index in [4.69, 9.17) is 18.9 Å². The second-order valence-corrected chi connectivity index (χ2v) is 19.8. The maximum absolute atomic E-state index is 15.2. The Morgan fingerprint density at radius 1 is 0.746 bits per heavy atom. The van der Waals surface area contributed by atoms with Gasteiger partial charge in [0.05, 0.1) is 40.6 Å². The Hall–Kier alpha value is -4.47. The summed E-state index contributed by atoms with van der Waals surface area (Å²) in [6.07, 6.45) is -11.1. The molecule has 0 spiro atoms. The highest BCUT2D eigenvalue weighted by atomic mass is 32.2. The van der Waals surface area contributed by atoms with E-state index >= 15 is 8.78 Å². The van der Waals surface area contributed by atoms with Crippen molar-refractivity contribution in [2.24, 2.45) is 0 Å². The number of non-ortho nitro benzene ring substituents is 1. The minimum atomic E-state index is -8.84. The number of nitrogens with zero attached hydrogens (tertiary/aromatic N) is 3. The first-order valence-electron chi connectivity index (χ1n) is 19.8. The molecule has 0 fully saturated rings. The van der Waals surface area contributed by atoms with Gasteiger partial charge in [0.1, 0.15) is 6.10 Å². The Morgan fingerprint density at radius 2 is 1.28 bits per heavy atom. The third-order valence-electron chi connectivity index (χ3n) is 11.1. The van der Waals surface area contributed by atoms with Crippen LogP contribution in [-0.4, -0.2) is 150 Å². The molecule has 0 unspecified atom stereocenters. The molecule has 0 N–H and O–H groups in total. The van der Waals surface area contributed by atoms with E-state index in [-0.39, 0.29) is 34.5 Å². The van der Waals surface area contributed by atoms with Crippen molar-refractivity contribution in [3.05, 3.63) is 99.2 Å². The zero-order valence-corrected chi connectivity index (χ0v) is 37.5. The molecule has 2 aromatic rings. The quantitative estimate of drug-likeness (QED) is 0.0391. The number of halogens is 17. The summed E-state index contributed by atoms with van der Waals surface area (Å²) in [4.78, 5) is 9.20. The van der Waals surface area contributed by atoms with Gasteiger partial charge in [-0.05, 0) is 60.1 Å². The van der Waals surface area contributed by atoms with Gasteiger partial charge in [0.2, 0.25) is 20.0 Å². The molecule has 13 nitrogen and oxygen atoms in total. The zero-order valence-electron chi connectivity index (χ0n) is 35.9. The molecule has 3 aliphatic rings. The fourth-order valence-electron chi connectivity index (χ4n) is 6.97. The van der Waals surface area contributed by atoms with Crippen LogP contribution in [0, 0.1) is 17.0 Å². The summed E-state index contributed by atoms with van der Waals surface area (Å²) in [6.45, 7) is -3.20. The molecule has 3 atom stereocenters. The van der Waals surface area contributed by atoms with Crippen LogP contribution in [-0.2, 0) is 39.0 Å². The van der Waals surface area contributed by atoms with E-state index in [2.05, 4.69) is 0 Å². The first-order valence-corrected chi connectivity index (χ1v) is 22.7. The molecule has 0 amide bonds. The van der Waals surface area contributed by atoms with E-state index in [9.17, 15) is 92.8 Å². The maximum atomic E-state index is 15.2. The minimum absolute atomic E-state index is 0.0394. The number of alkyl halides is 17. The van der Waals surface area contributed by atoms with E-state index in [1.54, 1.807) is 6.08 Å². The van der Waals surface area contributed by atoms with Crippen LogP contribution in [0.25, 0.3) is 0 Å². The number of nitro benzene ring substituents is 1. The lowest BCUT2D eigenvalue weighted by molar-refractivity contribution is -0.461. The van der Waals surface area contributed by atoms with Crippen LogP contribution < -0.4 is 0 Å². The molecule has 398 valence electrons. The highest BCUT2D eigenvalue weighted by Crippen LogP contribution is 2.64. The van der Waals surface area contributed by atoms with Crippen LogP contribution in [0.1, 0.15) is 12.0 Å². The van der Waals surface area contributed by atoms with Crippen LogP contribution in [0.2, 0.25) is 0 Å². The molecule has 0 radical (unpaired) electrons. The van der Waals surface area contributed by atoms with Gasteiger partial charge in [-0.15, -0.1) is 0 Å². The van der Waals surface area contributed by atoms with E-state index in [0.717, 1.165) is 66.0 Å². The lowest BCUT2D eigenvalue weighted by Crippen LogP contribution is -2.74. The van der Waals surface area contributed by atoms with Crippen molar-refractivity contribution < 1.29 is 115 Å². The van der Waals surface area contributed by atoms with Gasteiger partial charge in [-0.25, -0.2) is 16.8 Å². The Bertz CT molecular complexity index is 2610. The summed E-state index contributed by atoms with van der Waals surface area (Å²) in [5.74, 6) is -58.2. The Labute approximate surface area is 390 Å². The SMILES string of the molecule is CO[C@@H](O[C@H]1C=C(C2=CCOC2)CN(S(=O)(=O)c2ccc([N+](=O)[O-])cc2)C1)[C@H]1C=C(CN(CCC(F)(F)C(F)(F)C(F)(F)C(F)(F)C(F)(F)C(F)(F)C(F)(F)C(F)(F)F)S(=O)(=O)c2ccc(C)cc2)CO1.